The highest BCUT2D eigenvalue weighted by Gasteiger charge is 2.22. The van der Waals surface area contributed by atoms with Crippen LogP contribution >= 0.6 is 0 Å². The van der Waals surface area contributed by atoms with Crippen LogP contribution in [0.25, 0.3) is 0 Å². The van der Waals surface area contributed by atoms with E-state index in [4.69, 9.17) is 10.8 Å². The highest BCUT2D eigenvalue weighted by Crippen LogP contribution is 2.18. The number of benzene rings is 1. The van der Waals surface area contributed by atoms with Crippen LogP contribution in [0.1, 0.15) is 26.3 Å². The van der Waals surface area contributed by atoms with Crippen LogP contribution < -0.4 is 11.1 Å². The zero-order valence-electron chi connectivity index (χ0n) is 11.5. The molecule has 0 aromatic heterocycles. The van der Waals surface area contributed by atoms with Crippen molar-refractivity contribution in [2.24, 2.45) is 11.7 Å². The number of nitrogens with one attached hydrogen (secondary N) is 1. The fourth-order valence-corrected chi connectivity index (χ4v) is 1.72. The van der Waals surface area contributed by atoms with Crippen molar-refractivity contribution >= 4 is 5.91 Å². The van der Waals surface area contributed by atoms with E-state index in [9.17, 15) is 9.18 Å². The second-order valence-electron chi connectivity index (χ2n) is 5.66. The molecule has 0 bridgehead atoms. The molecule has 19 heavy (non-hydrogen) atoms. The summed E-state index contributed by atoms with van der Waals surface area (Å²) in [6, 6.07) is 4.09. The third-order valence-corrected chi connectivity index (χ3v) is 2.65. The quantitative estimate of drug-likeness (QED) is 0.775. The Morgan fingerprint density at radius 3 is 2.58 bits per heavy atom. The molecule has 106 valence electrons. The van der Waals surface area contributed by atoms with Gasteiger partial charge in [0.1, 0.15) is 0 Å². The lowest BCUT2D eigenvalue weighted by atomic mass is 9.97. The van der Waals surface area contributed by atoms with Gasteiger partial charge in [-0.25, -0.2) is 4.39 Å². The minimum absolute atomic E-state index is 0.150. The number of hydrogen-bond acceptors (Lipinski definition) is 3. The SMILES string of the molecule is CC(C)(C)NC(=O)C(CN)Cc1ccc(O)c(F)c1. The maximum Gasteiger partial charge on any atom is 0.225 e. The van der Waals surface area contributed by atoms with E-state index in [0.717, 1.165) is 0 Å². The summed E-state index contributed by atoms with van der Waals surface area (Å²) in [6.45, 7) is 5.85. The van der Waals surface area contributed by atoms with Gasteiger partial charge in [0.2, 0.25) is 5.91 Å². The summed E-state index contributed by atoms with van der Waals surface area (Å²) in [4.78, 5) is 12.0. The van der Waals surface area contributed by atoms with E-state index in [-0.39, 0.29) is 18.0 Å². The lowest BCUT2D eigenvalue weighted by molar-refractivity contribution is -0.126. The van der Waals surface area contributed by atoms with Gasteiger partial charge in [0.05, 0.1) is 5.92 Å². The molecule has 1 amide bonds. The number of hydrogen-bond donors (Lipinski definition) is 3. The van der Waals surface area contributed by atoms with Crippen molar-refractivity contribution in [3.05, 3.63) is 29.6 Å². The van der Waals surface area contributed by atoms with E-state index in [1.165, 1.54) is 12.1 Å². The molecule has 0 aliphatic carbocycles. The van der Waals surface area contributed by atoms with Gasteiger partial charge in [-0.1, -0.05) is 6.07 Å². The molecule has 0 saturated carbocycles. The molecule has 0 aliphatic rings. The van der Waals surface area contributed by atoms with Crippen LogP contribution in [0.4, 0.5) is 4.39 Å². The predicted octanol–water partition coefficient (Wildman–Crippen LogP) is 1.56. The lowest BCUT2D eigenvalue weighted by Gasteiger charge is -2.24. The molecule has 0 saturated heterocycles. The molecule has 0 fully saturated rings. The second kappa shape index (κ2) is 6.02. The topological polar surface area (TPSA) is 75.4 Å². The van der Waals surface area contributed by atoms with E-state index in [2.05, 4.69) is 5.32 Å². The number of carbonyl (C=O) groups excluding carboxylic acids is 1. The molecule has 1 aromatic carbocycles. The molecule has 0 heterocycles. The van der Waals surface area contributed by atoms with Crippen LogP contribution in [0.2, 0.25) is 0 Å². The third-order valence-electron chi connectivity index (χ3n) is 2.65. The summed E-state index contributed by atoms with van der Waals surface area (Å²) >= 11 is 0. The number of phenols is 1. The molecule has 5 heteroatoms. The van der Waals surface area contributed by atoms with E-state index in [0.29, 0.717) is 12.0 Å². The first-order chi connectivity index (χ1) is 8.73. The number of amides is 1. The summed E-state index contributed by atoms with van der Waals surface area (Å²) in [7, 11) is 0. The molecule has 1 unspecified atom stereocenters. The average Bonchev–Trinajstić information content (AvgIpc) is 2.28. The zero-order valence-corrected chi connectivity index (χ0v) is 11.5. The number of aromatic hydroxyl groups is 1. The Kier molecular flexibility index (Phi) is 4.89. The Bertz CT molecular complexity index is 455. The van der Waals surface area contributed by atoms with E-state index in [1.807, 2.05) is 20.8 Å². The Morgan fingerprint density at radius 1 is 1.47 bits per heavy atom. The standard InChI is InChI=1S/C14H21FN2O2/c1-14(2,3)17-13(19)10(8-16)6-9-4-5-12(18)11(15)7-9/h4-5,7,10,18H,6,8,16H2,1-3H3,(H,17,19). The summed E-state index contributed by atoms with van der Waals surface area (Å²) in [5.74, 6) is -1.65. The maximum atomic E-state index is 13.2. The average molecular weight is 268 g/mol. The van der Waals surface area contributed by atoms with Crippen LogP contribution in [-0.2, 0) is 11.2 Å². The summed E-state index contributed by atoms with van der Waals surface area (Å²) < 4.78 is 13.2. The van der Waals surface area contributed by atoms with E-state index >= 15 is 0 Å². The van der Waals surface area contributed by atoms with Crippen LogP contribution in [-0.4, -0.2) is 23.1 Å². The van der Waals surface area contributed by atoms with E-state index < -0.39 is 17.5 Å². The van der Waals surface area contributed by atoms with Crippen LogP contribution in [0.3, 0.4) is 0 Å². The maximum absolute atomic E-state index is 13.2. The van der Waals surface area contributed by atoms with Gasteiger partial charge in [0, 0.05) is 12.1 Å². The third kappa shape index (κ3) is 4.87. The van der Waals surface area contributed by atoms with Gasteiger partial charge in [-0.2, -0.15) is 0 Å². The molecule has 1 aromatic rings. The summed E-state index contributed by atoms with van der Waals surface area (Å²) in [5.41, 5.74) is 5.91. The molecule has 1 atom stereocenters. The van der Waals surface area contributed by atoms with Crippen molar-refractivity contribution in [3.63, 3.8) is 0 Å². The Hall–Kier alpha value is -1.62. The Balaban J connectivity index is 2.76. The largest absolute Gasteiger partial charge is 0.505 e. The highest BCUT2D eigenvalue weighted by atomic mass is 19.1. The second-order valence-corrected chi connectivity index (χ2v) is 5.66. The van der Waals surface area contributed by atoms with Gasteiger partial charge >= 0.3 is 0 Å². The molecule has 0 aliphatic heterocycles. The first kappa shape index (κ1) is 15.4. The minimum Gasteiger partial charge on any atom is -0.505 e. The number of phenolic OH excluding ortho intramolecular Hbond substituents is 1. The molecular weight excluding hydrogens is 247 g/mol. The minimum atomic E-state index is -0.690. The fraction of sp³-hybridized carbons (Fsp3) is 0.500. The molecule has 0 spiro atoms. The van der Waals surface area contributed by atoms with Gasteiger partial charge in [0.15, 0.2) is 11.6 Å². The molecule has 4 N–H and O–H groups in total. The van der Waals surface area contributed by atoms with E-state index in [1.54, 1.807) is 6.07 Å². The van der Waals surface area contributed by atoms with Gasteiger partial charge in [-0.3, -0.25) is 4.79 Å². The first-order valence-electron chi connectivity index (χ1n) is 6.22. The monoisotopic (exact) mass is 268 g/mol. The molecule has 0 radical (unpaired) electrons. The fourth-order valence-electron chi connectivity index (χ4n) is 1.72. The van der Waals surface area contributed by atoms with Gasteiger partial charge < -0.3 is 16.2 Å². The van der Waals surface area contributed by atoms with Crippen molar-refractivity contribution < 1.29 is 14.3 Å². The van der Waals surface area contributed by atoms with Crippen LogP contribution in [0.15, 0.2) is 18.2 Å². The number of halogens is 1. The van der Waals surface area contributed by atoms with Gasteiger partial charge in [-0.15, -0.1) is 0 Å². The Morgan fingerprint density at radius 2 is 2.11 bits per heavy atom. The lowest BCUT2D eigenvalue weighted by Crippen LogP contribution is -2.46. The van der Waals surface area contributed by atoms with Crippen molar-refractivity contribution in [2.45, 2.75) is 32.7 Å². The van der Waals surface area contributed by atoms with Crippen LogP contribution in [0, 0.1) is 11.7 Å². The van der Waals surface area contributed by atoms with Crippen molar-refractivity contribution in [1.82, 2.24) is 5.32 Å². The van der Waals surface area contributed by atoms with Gasteiger partial charge in [-0.05, 0) is 44.9 Å². The number of carbonyl (C=O) groups is 1. The molecular formula is C14H21FN2O2. The number of rotatable bonds is 4. The van der Waals surface area contributed by atoms with Crippen molar-refractivity contribution in [3.8, 4) is 5.75 Å². The Labute approximate surface area is 112 Å². The summed E-state index contributed by atoms with van der Waals surface area (Å²) in [6.07, 6.45) is 0.343. The van der Waals surface area contributed by atoms with Crippen LogP contribution in [0.5, 0.6) is 5.75 Å². The normalized spacial score (nSPS) is 13.1. The summed E-state index contributed by atoms with van der Waals surface area (Å²) in [5, 5.41) is 12.0. The molecule has 1 rings (SSSR count). The molecule has 4 nitrogen and oxygen atoms in total. The first-order valence-corrected chi connectivity index (χ1v) is 6.22. The highest BCUT2D eigenvalue weighted by molar-refractivity contribution is 5.79. The smallest absolute Gasteiger partial charge is 0.225 e. The van der Waals surface area contributed by atoms with Gasteiger partial charge in [0.25, 0.3) is 0 Å². The zero-order chi connectivity index (χ0) is 14.6. The van der Waals surface area contributed by atoms with Crippen molar-refractivity contribution in [2.75, 3.05) is 6.54 Å². The number of nitrogens with two attached hydrogens (primary N) is 1. The van der Waals surface area contributed by atoms with Crippen molar-refractivity contribution in [1.29, 1.82) is 0 Å². The predicted molar refractivity (Wildman–Crippen MR) is 72.2 cm³/mol.